The summed E-state index contributed by atoms with van der Waals surface area (Å²) in [6.45, 7) is 4.96. The van der Waals surface area contributed by atoms with Crippen molar-refractivity contribution in [2.24, 2.45) is 11.1 Å². The van der Waals surface area contributed by atoms with Crippen LogP contribution in [0.3, 0.4) is 0 Å². The zero-order valence-electron chi connectivity index (χ0n) is 12.4. The van der Waals surface area contributed by atoms with Gasteiger partial charge in [0.2, 0.25) is 5.91 Å². The molecule has 0 aliphatic heterocycles. The van der Waals surface area contributed by atoms with Crippen molar-refractivity contribution in [1.82, 2.24) is 5.32 Å². The number of amides is 1. The summed E-state index contributed by atoms with van der Waals surface area (Å²) in [5.74, 6) is 0.170. The van der Waals surface area contributed by atoms with Crippen molar-refractivity contribution in [3.8, 4) is 0 Å². The number of carbonyl (C=O) groups excluding carboxylic acids is 1. The minimum Gasteiger partial charge on any atom is -0.382 e. The van der Waals surface area contributed by atoms with Gasteiger partial charge in [-0.15, -0.1) is 0 Å². The van der Waals surface area contributed by atoms with Crippen LogP contribution in [0.2, 0.25) is 0 Å². The fraction of sp³-hybridized carbons (Fsp3) is 0.933. The van der Waals surface area contributed by atoms with E-state index in [0.717, 1.165) is 45.4 Å². The largest absolute Gasteiger partial charge is 0.382 e. The van der Waals surface area contributed by atoms with Gasteiger partial charge in [-0.2, -0.15) is 0 Å². The Balaban J connectivity index is 2.15. The van der Waals surface area contributed by atoms with Crippen LogP contribution in [0.25, 0.3) is 0 Å². The molecule has 0 aromatic carbocycles. The second kappa shape index (κ2) is 9.32. The van der Waals surface area contributed by atoms with Crippen LogP contribution < -0.4 is 11.1 Å². The lowest BCUT2D eigenvalue weighted by Gasteiger charge is -2.35. The highest BCUT2D eigenvalue weighted by molar-refractivity contribution is 5.76. The van der Waals surface area contributed by atoms with Gasteiger partial charge in [0.25, 0.3) is 0 Å². The van der Waals surface area contributed by atoms with E-state index in [-0.39, 0.29) is 11.3 Å². The molecule has 0 heterocycles. The van der Waals surface area contributed by atoms with Crippen molar-refractivity contribution in [3.05, 3.63) is 0 Å². The Labute approximate surface area is 117 Å². The van der Waals surface area contributed by atoms with Gasteiger partial charge in [0.1, 0.15) is 0 Å². The molecule has 4 heteroatoms. The highest BCUT2D eigenvalue weighted by atomic mass is 16.5. The van der Waals surface area contributed by atoms with E-state index < -0.39 is 0 Å². The molecular formula is C15H30N2O2. The van der Waals surface area contributed by atoms with Crippen LogP contribution in [0.1, 0.15) is 58.3 Å². The quantitative estimate of drug-likeness (QED) is 0.631. The van der Waals surface area contributed by atoms with Crippen LogP contribution in [0.15, 0.2) is 0 Å². The van der Waals surface area contributed by atoms with Gasteiger partial charge in [-0.05, 0) is 44.6 Å². The summed E-state index contributed by atoms with van der Waals surface area (Å²) in [7, 11) is 0. The van der Waals surface area contributed by atoms with Crippen molar-refractivity contribution in [2.45, 2.75) is 58.3 Å². The molecule has 0 atom stereocenters. The number of hydrogen-bond acceptors (Lipinski definition) is 3. The standard InChI is InChI=1S/C15H30N2O2/c1-2-19-11-7-6-10-17-14(18)12-15(13-16)8-4-3-5-9-15/h2-13,16H2,1H3,(H,17,18). The van der Waals surface area contributed by atoms with Gasteiger partial charge in [-0.1, -0.05) is 19.3 Å². The molecule has 0 bridgehead atoms. The van der Waals surface area contributed by atoms with Crippen molar-refractivity contribution in [3.63, 3.8) is 0 Å². The average Bonchev–Trinajstić information content (AvgIpc) is 2.43. The summed E-state index contributed by atoms with van der Waals surface area (Å²) >= 11 is 0. The molecule has 1 rings (SSSR count). The number of hydrogen-bond donors (Lipinski definition) is 2. The van der Waals surface area contributed by atoms with E-state index in [1.807, 2.05) is 6.92 Å². The van der Waals surface area contributed by atoms with E-state index in [1.165, 1.54) is 19.3 Å². The first-order valence-corrected chi connectivity index (χ1v) is 7.77. The van der Waals surface area contributed by atoms with Crippen LogP contribution in [0, 0.1) is 5.41 Å². The zero-order chi connectivity index (χ0) is 14.0. The SMILES string of the molecule is CCOCCCCNC(=O)CC1(CN)CCCCC1. The molecule has 1 fully saturated rings. The fourth-order valence-electron chi connectivity index (χ4n) is 2.86. The average molecular weight is 270 g/mol. The topological polar surface area (TPSA) is 64.3 Å². The molecule has 112 valence electrons. The van der Waals surface area contributed by atoms with Gasteiger partial charge in [0.05, 0.1) is 0 Å². The van der Waals surface area contributed by atoms with Crippen LogP contribution in [-0.4, -0.2) is 32.2 Å². The second-order valence-corrected chi connectivity index (χ2v) is 5.70. The molecule has 1 aliphatic carbocycles. The van der Waals surface area contributed by atoms with Gasteiger partial charge in [-0.25, -0.2) is 0 Å². The third-order valence-electron chi connectivity index (χ3n) is 4.12. The Morgan fingerprint density at radius 2 is 2.00 bits per heavy atom. The molecule has 1 aliphatic rings. The Morgan fingerprint density at radius 1 is 1.26 bits per heavy atom. The smallest absolute Gasteiger partial charge is 0.220 e. The van der Waals surface area contributed by atoms with Crippen molar-refractivity contribution in [1.29, 1.82) is 0 Å². The number of rotatable bonds is 9. The molecular weight excluding hydrogens is 240 g/mol. The van der Waals surface area contributed by atoms with Crippen LogP contribution in [-0.2, 0) is 9.53 Å². The first kappa shape index (κ1) is 16.4. The predicted molar refractivity (Wildman–Crippen MR) is 77.9 cm³/mol. The van der Waals surface area contributed by atoms with Gasteiger partial charge in [-0.3, -0.25) is 4.79 Å². The number of nitrogens with two attached hydrogens (primary N) is 1. The number of nitrogens with one attached hydrogen (secondary N) is 1. The summed E-state index contributed by atoms with van der Waals surface area (Å²) < 4.78 is 5.27. The molecule has 1 amide bonds. The minimum atomic E-state index is 0.0770. The highest BCUT2D eigenvalue weighted by Gasteiger charge is 2.32. The van der Waals surface area contributed by atoms with Crippen molar-refractivity contribution in [2.75, 3.05) is 26.3 Å². The molecule has 19 heavy (non-hydrogen) atoms. The van der Waals surface area contributed by atoms with E-state index in [2.05, 4.69) is 5.32 Å². The zero-order valence-corrected chi connectivity index (χ0v) is 12.4. The molecule has 4 nitrogen and oxygen atoms in total. The van der Waals surface area contributed by atoms with E-state index in [0.29, 0.717) is 13.0 Å². The molecule has 0 saturated heterocycles. The molecule has 1 saturated carbocycles. The molecule has 0 aromatic heterocycles. The molecule has 0 unspecified atom stereocenters. The Hall–Kier alpha value is -0.610. The maximum absolute atomic E-state index is 12.0. The molecule has 3 N–H and O–H groups in total. The van der Waals surface area contributed by atoms with Crippen molar-refractivity contribution < 1.29 is 9.53 Å². The predicted octanol–water partition coefficient (Wildman–Crippen LogP) is 2.22. The van der Waals surface area contributed by atoms with Crippen LogP contribution >= 0.6 is 0 Å². The van der Waals surface area contributed by atoms with Crippen molar-refractivity contribution >= 4 is 5.91 Å². The highest BCUT2D eigenvalue weighted by Crippen LogP contribution is 2.38. The minimum absolute atomic E-state index is 0.0770. The van der Waals surface area contributed by atoms with Gasteiger partial charge >= 0.3 is 0 Å². The Bertz CT molecular complexity index is 251. The van der Waals surface area contributed by atoms with Crippen LogP contribution in [0.5, 0.6) is 0 Å². The van der Waals surface area contributed by atoms with E-state index >= 15 is 0 Å². The Kier molecular flexibility index (Phi) is 8.07. The van der Waals surface area contributed by atoms with Gasteiger partial charge in [0, 0.05) is 26.2 Å². The molecule has 0 radical (unpaired) electrons. The van der Waals surface area contributed by atoms with Gasteiger partial charge in [0.15, 0.2) is 0 Å². The summed E-state index contributed by atoms with van der Waals surface area (Å²) in [5, 5.41) is 3.02. The monoisotopic (exact) mass is 270 g/mol. The summed E-state index contributed by atoms with van der Waals surface area (Å²) in [6.07, 6.45) is 8.56. The summed E-state index contributed by atoms with van der Waals surface area (Å²) in [6, 6.07) is 0. The van der Waals surface area contributed by atoms with Gasteiger partial charge < -0.3 is 15.8 Å². The molecule has 0 aromatic rings. The van der Waals surface area contributed by atoms with E-state index in [1.54, 1.807) is 0 Å². The molecule has 0 spiro atoms. The van der Waals surface area contributed by atoms with Crippen LogP contribution in [0.4, 0.5) is 0 Å². The number of carbonyl (C=O) groups is 1. The summed E-state index contributed by atoms with van der Waals surface area (Å²) in [5.41, 5.74) is 5.98. The van der Waals surface area contributed by atoms with E-state index in [4.69, 9.17) is 10.5 Å². The number of ether oxygens (including phenoxy) is 1. The first-order chi connectivity index (χ1) is 9.22. The third kappa shape index (κ3) is 6.39. The second-order valence-electron chi connectivity index (χ2n) is 5.70. The van der Waals surface area contributed by atoms with E-state index in [9.17, 15) is 4.79 Å². The summed E-state index contributed by atoms with van der Waals surface area (Å²) in [4.78, 5) is 12.0. The lowest BCUT2D eigenvalue weighted by Crippen LogP contribution is -2.38. The lowest BCUT2D eigenvalue weighted by atomic mass is 9.71. The fourth-order valence-corrected chi connectivity index (χ4v) is 2.86. The maximum Gasteiger partial charge on any atom is 0.220 e. The number of unbranched alkanes of at least 4 members (excludes halogenated alkanes) is 1. The maximum atomic E-state index is 12.0. The first-order valence-electron chi connectivity index (χ1n) is 7.77. The third-order valence-corrected chi connectivity index (χ3v) is 4.12. The Morgan fingerprint density at radius 3 is 2.63 bits per heavy atom. The normalized spacial score (nSPS) is 18.2. The lowest BCUT2D eigenvalue weighted by molar-refractivity contribution is -0.123.